The molecule has 1 aliphatic heterocycles. The van der Waals surface area contributed by atoms with Gasteiger partial charge in [-0.05, 0) is 56.0 Å². The minimum Gasteiger partial charge on any atom is -0.441 e. The number of ether oxygens (including phenoxy) is 1. The zero-order valence-corrected chi connectivity index (χ0v) is 15.9. The predicted octanol–water partition coefficient (Wildman–Crippen LogP) is 4.11. The number of rotatable bonds is 4. The molecule has 132 valence electrons. The van der Waals surface area contributed by atoms with Gasteiger partial charge in [0.25, 0.3) is 0 Å². The van der Waals surface area contributed by atoms with Crippen LogP contribution in [0.15, 0.2) is 28.9 Å². The second-order valence-corrected chi connectivity index (χ2v) is 7.13. The fraction of sp³-hybridized carbons (Fsp3) is 0.526. The van der Waals surface area contributed by atoms with Crippen molar-refractivity contribution in [1.29, 1.82) is 0 Å². The van der Waals surface area contributed by atoms with Gasteiger partial charge in [0.15, 0.2) is 0 Å². The molecule has 1 aromatic rings. The van der Waals surface area contributed by atoms with E-state index >= 15 is 0 Å². The van der Waals surface area contributed by atoms with Crippen molar-refractivity contribution in [1.82, 2.24) is 0 Å². The molecule has 0 bridgehead atoms. The van der Waals surface area contributed by atoms with Crippen LogP contribution in [0.1, 0.15) is 44.7 Å². The second-order valence-electron chi connectivity index (χ2n) is 6.70. The lowest BCUT2D eigenvalue weighted by molar-refractivity contribution is 0.279. The molecule has 0 amide bonds. The first-order valence-electron chi connectivity index (χ1n) is 8.50. The first-order chi connectivity index (χ1) is 11.2. The summed E-state index contributed by atoms with van der Waals surface area (Å²) in [7, 11) is 0. The van der Waals surface area contributed by atoms with Crippen molar-refractivity contribution in [2.75, 3.05) is 0 Å². The van der Waals surface area contributed by atoms with Crippen LogP contribution in [0, 0.1) is 19.8 Å². The first kappa shape index (κ1) is 19.0. The van der Waals surface area contributed by atoms with Crippen LogP contribution in [-0.2, 0) is 0 Å². The Bertz CT molecular complexity index is 656. The number of hydrogen-bond donors (Lipinski definition) is 2. The minimum atomic E-state index is -0.654. The molecule has 1 aromatic carbocycles. The summed E-state index contributed by atoms with van der Waals surface area (Å²) in [6, 6.07) is 3.26. The molecule has 0 aliphatic carbocycles. The monoisotopic (exact) mass is 349 g/mol. The fourth-order valence-corrected chi connectivity index (χ4v) is 3.89. The minimum absolute atomic E-state index is 0.268. The Morgan fingerprint density at radius 3 is 2.25 bits per heavy atom. The van der Waals surface area contributed by atoms with E-state index in [0.717, 1.165) is 35.4 Å². The van der Waals surface area contributed by atoms with Crippen molar-refractivity contribution < 1.29 is 4.74 Å². The maximum atomic E-state index is 6.72. The van der Waals surface area contributed by atoms with Gasteiger partial charge in [0, 0.05) is 10.7 Å². The number of nitrogens with two attached hydrogens (primary N) is 2. The summed E-state index contributed by atoms with van der Waals surface area (Å²) in [5.74, 6) is 1.48. The predicted molar refractivity (Wildman–Crippen MR) is 102 cm³/mol. The van der Waals surface area contributed by atoms with Crippen LogP contribution in [-0.4, -0.2) is 17.5 Å². The standard InChI is InChI=1S/C19H28ClN3O/c1-6-14(7-2)19(22)10-13(5)23-18(17(19)21)24-16-11(3)8-15(20)9-12(16)4/h8-10,14,17H,6-7,21-22H2,1-5H3. The molecule has 2 rings (SSSR count). The van der Waals surface area contributed by atoms with Crippen LogP contribution >= 0.6 is 11.6 Å². The normalized spacial score (nSPS) is 24.0. The summed E-state index contributed by atoms with van der Waals surface area (Å²) in [4.78, 5) is 4.53. The van der Waals surface area contributed by atoms with Crippen molar-refractivity contribution in [3.63, 3.8) is 0 Å². The molecule has 0 saturated heterocycles. The van der Waals surface area contributed by atoms with Crippen LogP contribution in [0.25, 0.3) is 0 Å². The summed E-state index contributed by atoms with van der Waals surface area (Å²) < 4.78 is 6.13. The maximum Gasteiger partial charge on any atom is 0.214 e. The Hall–Kier alpha value is -1.36. The van der Waals surface area contributed by atoms with Gasteiger partial charge >= 0.3 is 0 Å². The van der Waals surface area contributed by atoms with Crippen molar-refractivity contribution in [2.45, 2.75) is 59.0 Å². The number of benzene rings is 1. The Kier molecular flexibility index (Phi) is 5.74. The lowest BCUT2D eigenvalue weighted by Gasteiger charge is -2.41. The number of hydrogen-bond acceptors (Lipinski definition) is 4. The highest BCUT2D eigenvalue weighted by Crippen LogP contribution is 2.33. The van der Waals surface area contributed by atoms with Gasteiger partial charge in [-0.25, -0.2) is 4.99 Å². The molecule has 1 aliphatic rings. The molecule has 0 fully saturated rings. The Morgan fingerprint density at radius 1 is 1.21 bits per heavy atom. The highest BCUT2D eigenvalue weighted by atomic mass is 35.5. The molecule has 0 radical (unpaired) electrons. The van der Waals surface area contributed by atoms with Gasteiger partial charge in [-0.2, -0.15) is 0 Å². The van der Waals surface area contributed by atoms with E-state index in [9.17, 15) is 0 Å². The SMILES string of the molecule is CCC(CC)C1(N)C=C(C)N=C(Oc2c(C)cc(Cl)cc2C)C1N. The summed E-state index contributed by atoms with van der Waals surface area (Å²) in [6.07, 6.45) is 3.90. The van der Waals surface area contributed by atoms with Crippen molar-refractivity contribution in [3.05, 3.63) is 40.1 Å². The smallest absolute Gasteiger partial charge is 0.214 e. The van der Waals surface area contributed by atoms with Crippen molar-refractivity contribution >= 4 is 17.5 Å². The molecule has 1 heterocycles. The Labute approximate surface area is 149 Å². The van der Waals surface area contributed by atoms with Crippen LogP contribution < -0.4 is 16.2 Å². The molecule has 5 heteroatoms. The van der Waals surface area contributed by atoms with Crippen molar-refractivity contribution in [2.24, 2.45) is 22.4 Å². The highest BCUT2D eigenvalue weighted by molar-refractivity contribution is 6.30. The van der Waals surface area contributed by atoms with Crippen molar-refractivity contribution in [3.8, 4) is 5.75 Å². The average Bonchev–Trinajstić information content (AvgIpc) is 2.48. The van der Waals surface area contributed by atoms with Gasteiger partial charge in [-0.3, -0.25) is 0 Å². The third-order valence-corrected chi connectivity index (χ3v) is 5.09. The quantitative estimate of drug-likeness (QED) is 0.858. The van der Waals surface area contributed by atoms with Gasteiger partial charge in [0.2, 0.25) is 5.90 Å². The molecule has 4 N–H and O–H groups in total. The van der Waals surface area contributed by atoms with E-state index in [-0.39, 0.29) is 5.92 Å². The summed E-state index contributed by atoms with van der Waals surface area (Å²) in [5, 5.41) is 0.688. The molecule has 0 spiro atoms. The zero-order chi connectivity index (χ0) is 18.1. The van der Waals surface area contributed by atoms with Crippen LogP contribution in [0.5, 0.6) is 5.75 Å². The molecule has 2 atom stereocenters. The number of aryl methyl sites for hydroxylation is 2. The lowest BCUT2D eigenvalue weighted by atomic mass is 9.74. The second kappa shape index (κ2) is 7.26. The van der Waals surface area contributed by atoms with Crippen LogP contribution in [0.2, 0.25) is 5.02 Å². The Balaban J connectivity index is 2.40. The average molecular weight is 350 g/mol. The van der Waals surface area contributed by atoms with E-state index in [1.54, 1.807) is 0 Å². The number of nitrogens with zero attached hydrogens (tertiary/aromatic N) is 1. The molecule has 0 saturated carbocycles. The molecule has 2 unspecified atom stereocenters. The van der Waals surface area contributed by atoms with Gasteiger partial charge < -0.3 is 16.2 Å². The van der Waals surface area contributed by atoms with Gasteiger partial charge in [0.05, 0.1) is 5.54 Å². The topological polar surface area (TPSA) is 73.6 Å². The summed E-state index contributed by atoms with van der Waals surface area (Å²) in [6.45, 7) is 10.1. The first-order valence-corrected chi connectivity index (χ1v) is 8.87. The van der Waals surface area contributed by atoms with Gasteiger partial charge in [0.1, 0.15) is 11.8 Å². The van der Waals surface area contributed by atoms with E-state index < -0.39 is 11.6 Å². The van der Waals surface area contributed by atoms with Gasteiger partial charge in [-0.15, -0.1) is 0 Å². The zero-order valence-electron chi connectivity index (χ0n) is 15.2. The largest absolute Gasteiger partial charge is 0.441 e. The van der Waals surface area contributed by atoms with E-state index in [4.69, 9.17) is 27.8 Å². The van der Waals surface area contributed by atoms with E-state index in [2.05, 4.69) is 18.8 Å². The van der Waals surface area contributed by atoms with E-state index in [0.29, 0.717) is 10.9 Å². The van der Waals surface area contributed by atoms with Gasteiger partial charge in [-0.1, -0.05) is 38.3 Å². The van der Waals surface area contributed by atoms with E-state index in [1.165, 1.54) is 0 Å². The number of aliphatic imine (C=N–C) groups is 1. The highest BCUT2D eigenvalue weighted by Gasteiger charge is 2.43. The number of allylic oxidation sites excluding steroid dienone is 1. The summed E-state index contributed by atoms with van der Waals surface area (Å²) >= 11 is 6.10. The third kappa shape index (κ3) is 3.51. The molecule has 0 aromatic heterocycles. The fourth-order valence-electron chi connectivity index (χ4n) is 3.56. The number of halogens is 1. The summed E-state index contributed by atoms with van der Waals surface area (Å²) in [5.41, 5.74) is 15.3. The molecule has 4 nitrogen and oxygen atoms in total. The van der Waals surface area contributed by atoms with E-state index in [1.807, 2.05) is 39.0 Å². The van der Waals surface area contributed by atoms with Crippen LogP contribution in [0.3, 0.4) is 0 Å². The third-order valence-electron chi connectivity index (χ3n) is 4.87. The molecule has 24 heavy (non-hydrogen) atoms. The molecular weight excluding hydrogens is 322 g/mol. The molecular formula is C19H28ClN3O. The lowest BCUT2D eigenvalue weighted by Crippen LogP contribution is -2.64. The Morgan fingerprint density at radius 2 is 1.75 bits per heavy atom. The van der Waals surface area contributed by atoms with Crippen LogP contribution in [0.4, 0.5) is 0 Å². The maximum absolute atomic E-state index is 6.72.